The smallest absolute Gasteiger partial charge is 0.262 e. The predicted octanol–water partition coefficient (Wildman–Crippen LogP) is 6.91. The molecular formula is C25H31ClN2OS. The maximum absolute atomic E-state index is 13.2. The predicted molar refractivity (Wildman–Crippen MR) is 130 cm³/mol. The van der Waals surface area contributed by atoms with Gasteiger partial charge in [0.25, 0.3) is 5.56 Å². The largest absolute Gasteiger partial charge is 0.287 e. The molecule has 0 radical (unpaired) electrons. The van der Waals surface area contributed by atoms with Gasteiger partial charge in [-0.2, -0.15) is 0 Å². The highest BCUT2D eigenvalue weighted by Gasteiger charge is 2.18. The van der Waals surface area contributed by atoms with Crippen LogP contribution in [0.2, 0.25) is 5.02 Å². The highest BCUT2D eigenvalue weighted by atomic mass is 35.5. The Labute approximate surface area is 188 Å². The van der Waals surface area contributed by atoms with Gasteiger partial charge in [0.15, 0.2) is 5.16 Å². The third kappa shape index (κ3) is 4.92. The number of fused-ring (bicyclic) bond motifs is 1. The summed E-state index contributed by atoms with van der Waals surface area (Å²) >= 11 is 7.79. The third-order valence-corrected chi connectivity index (χ3v) is 6.58. The summed E-state index contributed by atoms with van der Waals surface area (Å²) in [6.45, 7) is 15.9. The van der Waals surface area contributed by atoms with Crippen LogP contribution in [0.4, 0.5) is 0 Å². The first-order valence-electron chi connectivity index (χ1n) is 10.4. The van der Waals surface area contributed by atoms with Crippen LogP contribution in [-0.2, 0) is 17.7 Å². The molecule has 2 aromatic carbocycles. The molecule has 0 spiro atoms. The Bertz CT molecular complexity index is 1120. The number of halogens is 1. The van der Waals surface area contributed by atoms with E-state index < -0.39 is 0 Å². The van der Waals surface area contributed by atoms with Crippen molar-refractivity contribution in [1.82, 2.24) is 9.55 Å². The Morgan fingerprint density at radius 3 is 2.30 bits per heavy atom. The van der Waals surface area contributed by atoms with Gasteiger partial charge in [-0.15, -0.1) is 0 Å². The minimum absolute atomic E-state index is 0.00407. The first kappa shape index (κ1) is 22.9. The molecule has 0 unspecified atom stereocenters. The molecule has 160 valence electrons. The highest BCUT2D eigenvalue weighted by molar-refractivity contribution is 7.98. The molecule has 0 aliphatic carbocycles. The van der Waals surface area contributed by atoms with Crippen LogP contribution < -0.4 is 5.56 Å². The molecule has 0 N–H and O–H groups in total. The number of hydrogen-bond acceptors (Lipinski definition) is 3. The number of benzene rings is 2. The molecule has 0 atom stereocenters. The zero-order valence-corrected chi connectivity index (χ0v) is 20.5. The fraction of sp³-hybridized carbons (Fsp3) is 0.440. The summed E-state index contributed by atoms with van der Waals surface area (Å²) in [4.78, 5) is 18.0. The molecule has 1 heterocycles. The zero-order chi connectivity index (χ0) is 22.2. The number of aromatic nitrogens is 2. The second kappa shape index (κ2) is 8.76. The molecule has 3 nitrogen and oxygen atoms in total. The van der Waals surface area contributed by atoms with E-state index in [2.05, 4.69) is 60.6 Å². The van der Waals surface area contributed by atoms with Gasteiger partial charge in [0.1, 0.15) is 0 Å². The average molecular weight is 443 g/mol. The summed E-state index contributed by atoms with van der Waals surface area (Å²) < 4.78 is 1.82. The molecule has 0 fully saturated rings. The first-order valence-corrected chi connectivity index (χ1v) is 11.8. The zero-order valence-electron chi connectivity index (χ0n) is 19.0. The quantitative estimate of drug-likeness (QED) is 0.318. The number of aryl methyl sites for hydroxylation is 2. The lowest BCUT2D eigenvalue weighted by molar-refractivity contribution is 0.475. The van der Waals surface area contributed by atoms with Gasteiger partial charge in [-0.25, -0.2) is 4.98 Å². The van der Waals surface area contributed by atoms with Gasteiger partial charge in [0.2, 0.25) is 0 Å². The third-order valence-electron chi connectivity index (χ3n) is 5.34. The van der Waals surface area contributed by atoms with Crippen molar-refractivity contribution < 1.29 is 0 Å². The molecule has 3 aromatic rings. The molecule has 0 saturated carbocycles. The van der Waals surface area contributed by atoms with Gasteiger partial charge in [-0.3, -0.25) is 9.36 Å². The van der Waals surface area contributed by atoms with E-state index in [0.717, 1.165) is 10.9 Å². The number of hydrogen-bond donors (Lipinski definition) is 0. The van der Waals surface area contributed by atoms with Crippen molar-refractivity contribution in [1.29, 1.82) is 0 Å². The summed E-state index contributed by atoms with van der Waals surface area (Å²) in [5.41, 5.74) is 6.02. The fourth-order valence-electron chi connectivity index (χ4n) is 3.60. The number of thioether (sulfide) groups is 1. The topological polar surface area (TPSA) is 34.9 Å². The molecular weight excluding hydrogens is 412 g/mol. The summed E-state index contributed by atoms with van der Waals surface area (Å²) in [6.07, 6.45) is 0. The van der Waals surface area contributed by atoms with E-state index in [9.17, 15) is 4.79 Å². The van der Waals surface area contributed by atoms with Gasteiger partial charge >= 0.3 is 0 Å². The molecule has 30 heavy (non-hydrogen) atoms. The van der Waals surface area contributed by atoms with Crippen LogP contribution in [0.25, 0.3) is 10.9 Å². The van der Waals surface area contributed by atoms with Crippen LogP contribution >= 0.6 is 23.4 Å². The lowest BCUT2D eigenvalue weighted by Crippen LogP contribution is -2.25. The van der Waals surface area contributed by atoms with Crippen molar-refractivity contribution in [3.63, 3.8) is 0 Å². The summed E-state index contributed by atoms with van der Waals surface area (Å²) in [5.74, 6) is 1.13. The normalized spacial score (nSPS) is 12.2. The second-order valence-electron chi connectivity index (χ2n) is 9.49. The van der Waals surface area contributed by atoms with Crippen LogP contribution in [0.1, 0.15) is 56.9 Å². The van der Waals surface area contributed by atoms with Crippen LogP contribution in [-0.4, -0.2) is 9.55 Å². The Kier molecular flexibility index (Phi) is 6.69. The molecule has 0 amide bonds. The van der Waals surface area contributed by atoms with E-state index in [4.69, 9.17) is 16.6 Å². The molecule has 0 bridgehead atoms. The van der Waals surface area contributed by atoms with E-state index >= 15 is 0 Å². The van der Waals surface area contributed by atoms with Crippen molar-refractivity contribution in [3.05, 3.63) is 68.0 Å². The number of rotatable bonds is 5. The maximum Gasteiger partial charge on any atom is 0.262 e. The molecule has 1 aromatic heterocycles. The van der Waals surface area contributed by atoms with Gasteiger partial charge in [-0.05, 0) is 65.6 Å². The summed E-state index contributed by atoms with van der Waals surface area (Å²) in [5, 5.41) is 1.96. The highest BCUT2D eigenvalue weighted by Crippen LogP contribution is 2.31. The van der Waals surface area contributed by atoms with Crippen molar-refractivity contribution in [2.75, 3.05) is 0 Å². The van der Waals surface area contributed by atoms with E-state index in [1.165, 1.54) is 22.3 Å². The van der Waals surface area contributed by atoms with E-state index in [-0.39, 0.29) is 11.0 Å². The molecule has 0 aliphatic rings. The van der Waals surface area contributed by atoms with Crippen molar-refractivity contribution >= 4 is 34.3 Å². The Morgan fingerprint density at radius 2 is 1.73 bits per heavy atom. The summed E-state index contributed by atoms with van der Waals surface area (Å²) in [7, 11) is 0. The Balaban J connectivity index is 2.02. The minimum atomic E-state index is 0.00407. The van der Waals surface area contributed by atoms with Crippen molar-refractivity contribution in [2.45, 2.75) is 71.3 Å². The summed E-state index contributed by atoms with van der Waals surface area (Å²) in [6, 6.07) is 9.88. The van der Waals surface area contributed by atoms with E-state index in [0.29, 0.717) is 28.4 Å². The van der Waals surface area contributed by atoms with E-state index in [1.54, 1.807) is 30.0 Å². The molecule has 5 heteroatoms. The van der Waals surface area contributed by atoms with Crippen molar-refractivity contribution in [3.8, 4) is 0 Å². The van der Waals surface area contributed by atoms with Crippen molar-refractivity contribution in [2.24, 2.45) is 5.92 Å². The first-order chi connectivity index (χ1) is 14.0. The van der Waals surface area contributed by atoms with Crippen LogP contribution in [0.3, 0.4) is 0 Å². The van der Waals surface area contributed by atoms with Crippen LogP contribution in [0.15, 0.2) is 40.3 Å². The van der Waals surface area contributed by atoms with Gasteiger partial charge in [0, 0.05) is 17.3 Å². The molecule has 0 aliphatic heterocycles. The Hall–Kier alpha value is -1.78. The van der Waals surface area contributed by atoms with E-state index in [1.807, 2.05) is 4.57 Å². The molecule has 3 rings (SSSR count). The second-order valence-corrected chi connectivity index (χ2v) is 10.9. The minimum Gasteiger partial charge on any atom is -0.287 e. The monoisotopic (exact) mass is 442 g/mol. The lowest BCUT2D eigenvalue weighted by Gasteiger charge is -2.22. The van der Waals surface area contributed by atoms with Gasteiger partial charge in [0.05, 0.1) is 10.9 Å². The standard InChI is InChI=1S/C25H31ClN2OS/c1-15(2)13-28-23(29)20-9-8-19(26)12-22(20)27-24(28)30-14-21-16(3)10-18(11-17(21)4)25(5,6)7/h8-12,15H,13-14H2,1-7H3. The average Bonchev–Trinajstić information content (AvgIpc) is 2.62. The fourth-order valence-corrected chi connectivity index (χ4v) is 4.97. The SMILES string of the molecule is Cc1cc(C(C)(C)C)cc(C)c1CSc1nc2cc(Cl)ccc2c(=O)n1CC(C)C. The molecule has 0 saturated heterocycles. The van der Waals surface area contributed by atoms with Crippen LogP contribution in [0, 0.1) is 19.8 Å². The van der Waals surface area contributed by atoms with Gasteiger partial charge < -0.3 is 0 Å². The van der Waals surface area contributed by atoms with Crippen LogP contribution in [0.5, 0.6) is 0 Å². The maximum atomic E-state index is 13.2. The Morgan fingerprint density at radius 1 is 1.10 bits per heavy atom. The van der Waals surface area contributed by atoms with Gasteiger partial charge in [-0.1, -0.05) is 70.1 Å². The lowest BCUT2D eigenvalue weighted by atomic mass is 9.84. The number of nitrogens with zero attached hydrogens (tertiary/aromatic N) is 2.